The van der Waals surface area contributed by atoms with Crippen molar-refractivity contribution >= 4 is 60.8 Å². The van der Waals surface area contributed by atoms with Gasteiger partial charge < -0.3 is 24.9 Å². The maximum atomic E-state index is 14.6. The zero-order valence-corrected chi connectivity index (χ0v) is 35.6. The van der Waals surface area contributed by atoms with E-state index in [-0.39, 0.29) is 39.3 Å². The number of carbonyl (C=O) groups excluding carboxylic acids is 1. The fourth-order valence-electron chi connectivity index (χ4n) is 6.51. The van der Waals surface area contributed by atoms with Gasteiger partial charge in [-0.15, -0.1) is 0 Å². The number of halogens is 7. The third-order valence-corrected chi connectivity index (χ3v) is 10.5. The van der Waals surface area contributed by atoms with Gasteiger partial charge in [0.1, 0.15) is 40.7 Å². The monoisotopic (exact) mass is 935 g/mol. The number of anilines is 4. The minimum absolute atomic E-state index is 0.0324. The van der Waals surface area contributed by atoms with E-state index in [1.807, 2.05) is 6.92 Å². The third kappa shape index (κ3) is 10.8. The normalized spacial score (nSPS) is 11.6. The van der Waals surface area contributed by atoms with Crippen LogP contribution in [0, 0.1) is 37.1 Å². The van der Waals surface area contributed by atoms with Crippen molar-refractivity contribution in [1.82, 2.24) is 35.7 Å². The van der Waals surface area contributed by atoms with E-state index in [0.29, 0.717) is 65.1 Å². The summed E-state index contributed by atoms with van der Waals surface area (Å²) >= 11 is 0. The summed E-state index contributed by atoms with van der Waals surface area (Å²) < 4.78 is 126. The Labute approximate surface area is 370 Å². The van der Waals surface area contributed by atoms with Crippen LogP contribution in [0.3, 0.4) is 0 Å². The molecule has 5 N–H and O–H groups in total. The Balaban J connectivity index is 0.000000196. The summed E-state index contributed by atoms with van der Waals surface area (Å²) in [5, 5.41) is 24.2. The van der Waals surface area contributed by atoms with Crippen molar-refractivity contribution in [2.75, 3.05) is 30.9 Å². The molecule has 4 aromatic carbocycles. The Kier molecular flexibility index (Phi) is 13.5. The van der Waals surface area contributed by atoms with Gasteiger partial charge in [-0.2, -0.15) is 31.8 Å². The topological polar surface area (TPSA) is 189 Å². The first-order chi connectivity index (χ1) is 31.4. The number of nitrogens with one attached hydrogen (secondary N) is 5. The molecule has 66 heavy (non-hydrogen) atoms. The molecule has 0 aliphatic rings. The van der Waals surface area contributed by atoms with Crippen molar-refractivity contribution in [2.45, 2.75) is 25.8 Å². The average Bonchev–Trinajstić information content (AvgIpc) is 3.87. The summed E-state index contributed by atoms with van der Waals surface area (Å²) in [7, 11) is -4.29. The number of aryl methyl sites for hydroxylation is 2. The van der Waals surface area contributed by atoms with Crippen LogP contribution in [0.4, 0.5) is 54.0 Å². The second-order valence-electron chi connectivity index (χ2n) is 14.5. The Morgan fingerprint density at radius 2 is 1.18 bits per heavy atom. The van der Waals surface area contributed by atoms with Crippen LogP contribution in [0.25, 0.3) is 44.1 Å². The predicted molar refractivity (Wildman–Crippen MR) is 232 cm³/mol. The number of nitrogens with zero attached hydrogens (tertiary/aromatic N) is 4. The number of ether oxygens (including phenoxy) is 1. The number of benzene rings is 4. The lowest BCUT2D eigenvalue weighted by molar-refractivity contribution is -0.0500. The molecule has 1 amide bonds. The molecule has 8 aromatic rings. The minimum Gasteiger partial charge on any atom is -0.385 e. The number of amides is 1. The van der Waals surface area contributed by atoms with Gasteiger partial charge in [0.25, 0.3) is 5.91 Å². The molecule has 4 heterocycles. The molecular formula is C44H36F7N9O5S. The van der Waals surface area contributed by atoms with E-state index in [0.717, 1.165) is 41.7 Å². The highest BCUT2D eigenvalue weighted by atomic mass is 32.2. The highest BCUT2D eigenvalue weighted by molar-refractivity contribution is 7.88. The Hall–Kier alpha value is -7.59. The molecule has 0 atom stereocenters. The molecule has 0 fully saturated rings. The van der Waals surface area contributed by atoms with Gasteiger partial charge in [-0.3, -0.25) is 15.0 Å². The van der Waals surface area contributed by atoms with E-state index in [1.165, 1.54) is 24.3 Å². The zero-order chi connectivity index (χ0) is 47.3. The van der Waals surface area contributed by atoms with Crippen LogP contribution in [0.15, 0.2) is 97.1 Å². The number of carbonyl (C=O) groups is 1. The highest BCUT2D eigenvalue weighted by Gasteiger charge is 2.48. The molecule has 0 radical (unpaired) electrons. The van der Waals surface area contributed by atoms with Gasteiger partial charge in [-0.05, 0) is 97.8 Å². The number of alkyl halides is 3. The number of hydrogen-bond acceptors (Lipinski definition) is 11. The van der Waals surface area contributed by atoms with Gasteiger partial charge in [0.2, 0.25) is 0 Å². The summed E-state index contributed by atoms with van der Waals surface area (Å²) in [4.78, 5) is 21.5. The molecule has 0 saturated heterocycles. The number of methoxy groups -OCH3 is 1. The molecule has 342 valence electrons. The SMILES string of the molecule is COCCCNC(=O)c1ccc2c(-c3ccc(F)cc3F)nc(Nc3cc(C)[nH]n3)cc2c1.Cc1cc(Nc2cc3cc(OS(=O)(=O)C(F)(F)F)ccc3c(-c3ccc(F)cc3F)n2)n[nH]1. The molecule has 22 heteroatoms. The first-order valence-electron chi connectivity index (χ1n) is 19.5. The fourth-order valence-corrected chi connectivity index (χ4v) is 6.96. The molecule has 0 aliphatic carbocycles. The lowest BCUT2D eigenvalue weighted by Crippen LogP contribution is -2.28. The summed E-state index contributed by atoms with van der Waals surface area (Å²) in [6.45, 7) is 4.65. The average molecular weight is 936 g/mol. The van der Waals surface area contributed by atoms with Crippen molar-refractivity contribution in [2.24, 2.45) is 0 Å². The molecule has 4 aromatic heterocycles. The number of aromatic nitrogens is 6. The smallest absolute Gasteiger partial charge is 0.385 e. The number of pyridine rings is 2. The summed E-state index contributed by atoms with van der Waals surface area (Å²) in [6.07, 6.45) is 0.699. The first-order valence-corrected chi connectivity index (χ1v) is 20.9. The van der Waals surface area contributed by atoms with Gasteiger partial charge in [-0.25, -0.2) is 27.5 Å². The highest BCUT2D eigenvalue weighted by Crippen LogP contribution is 2.36. The molecule has 0 unspecified atom stereocenters. The van der Waals surface area contributed by atoms with Crippen molar-refractivity contribution in [1.29, 1.82) is 0 Å². The number of fused-ring (bicyclic) bond motifs is 2. The molecule has 14 nitrogen and oxygen atoms in total. The van der Waals surface area contributed by atoms with E-state index in [1.54, 1.807) is 50.4 Å². The van der Waals surface area contributed by atoms with Crippen LogP contribution < -0.4 is 20.1 Å². The Morgan fingerprint density at radius 1 is 0.667 bits per heavy atom. The van der Waals surface area contributed by atoms with Gasteiger partial charge >= 0.3 is 15.6 Å². The second-order valence-corrected chi connectivity index (χ2v) is 16.0. The molecule has 0 aliphatic heterocycles. The number of H-pyrrole nitrogens is 2. The van der Waals surface area contributed by atoms with Gasteiger partial charge in [0.05, 0.1) is 11.4 Å². The van der Waals surface area contributed by atoms with Crippen LogP contribution in [0.5, 0.6) is 5.75 Å². The van der Waals surface area contributed by atoms with E-state index in [9.17, 15) is 43.9 Å². The van der Waals surface area contributed by atoms with Gasteiger partial charge in [0.15, 0.2) is 11.6 Å². The van der Waals surface area contributed by atoms with Crippen LogP contribution >= 0.6 is 0 Å². The molecule has 0 spiro atoms. The zero-order valence-electron chi connectivity index (χ0n) is 34.7. The number of hydrogen-bond donors (Lipinski definition) is 5. The number of rotatable bonds is 13. The summed E-state index contributed by atoms with van der Waals surface area (Å²) in [6, 6.07) is 21.1. The lowest BCUT2D eigenvalue weighted by Gasteiger charge is -2.13. The molecular weight excluding hydrogens is 900 g/mol. The lowest BCUT2D eigenvalue weighted by atomic mass is 10.0. The first kappa shape index (κ1) is 46.4. The van der Waals surface area contributed by atoms with Crippen LogP contribution in [-0.4, -0.2) is 70.5 Å². The quantitative estimate of drug-likeness (QED) is 0.0320. The molecule has 0 bridgehead atoms. The maximum Gasteiger partial charge on any atom is 0.534 e. The van der Waals surface area contributed by atoms with E-state index >= 15 is 0 Å². The van der Waals surface area contributed by atoms with Crippen molar-refractivity contribution in [3.8, 4) is 28.3 Å². The van der Waals surface area contributed by atoms with Gasteiger partial charge in [-0.1, -0.05) is 6.07 Å². The summed E-state index contributed by atoms with van der Waals surface area (Å²) in [5.41, 5.74) is -3.16. The van der Waals surface area contributed by atoms with Crippen molar-refractivity contribution in [3.05, 3.63) is 137 Å². The summed E-state index contributed by atoms with van der Waals surface area (Å²) in [5.74, 6) is -2.56. The van der Waals surface area contributed by atoms with Gasteiger partial charge in [0, 0.05) is 83.4 Å². The van der Waals surface area contributed by atoms with E-state index < -0.39 is 44.6 Å². The van der Waals surface area contributed by atoms with Crippen LogP contribution in [0.1, 0.15) is 28.2 Å². The standard InChI is InChI=1S/C24H23F2N5O2.C20H13F5N4O3S/c1-14-10-22(31-30-14)28-21-12-16-11-15(24(32)27-8-3-9-33-2)4-6-18(16)23(29-21)19-7-5-17(25)13-20(19)26;1-10-6-18(29-28-10)26-17-8-11-7-13(32-33(30,31)20(23,24)25)3-5-14(11)19(27-17)15-4-2-12(21)9-16(15)22/h4-7,10-13H,3,8-9H2,1-2H3,(H,27,32)(H2,28,29,30,31);2-9H,1H3,(H2,26,27,28,29). The van der Waals surface area contributed by atoms with Crippen molar-refractivity contribution in [3.63, 3.8) is 0 Å². The van der Waals surface area contributed by atoms with Crippen LogP contribution in [-0.2, 0) is 14.9 Å². The predicted octanol–water partition coefficient (Wildman–Crippen LogP) is 9.90. The van der Waals surface area contributed by atoms with Crippen LogP contribution in [0.2, 0.25) is 0 Å². The maximum absolute atomic E-state index is 14.6. The minimum atomic E-state index is -5.90. The van der Waals surface area contributed by atoms with Crippen molar-refractivity contribution < 1.29 is 52.9 Å². The third-order valence-electron chi connectivity index (χ3n) is 9.49. The Bertz CT molecular complexity index is 3200. The molecule has 8 rings (SSSR count). The van der Waals surface area contributed by atoms with E-state index in [2.05, 4.69) is 50.5 Å². The Morgan fingerprint density at radius 3 is 1.65 bits per heavy atom. The largest absolute Gasteiger partial charge is 0.534 e. The van der Waals surface area contributed by atoms with E-state index in [4.69, 9.17) is 4.74 Å². The molecule has 0 saturated carbocycles. The second kappa shape index (κ2) is 19.3. The fraction of sp³-hybridized carbons (Fsp3) is 0.159. The number of aromatic amines is 2.